The van der Waals surface area contributed by atoms with Crippen LogP contribution in [0.2, 0.25) is 0 Å². The fourth-order valence-corrected chi connectivity index (χ4v) is 0.191. The molecule has 46 valence electrons. The molecule has 0 amide bonds. The lowest BCUT2D eigenvalue weighted by molar-refractivity contribution is -0.142. The number of hydrogen-bond acceptors (Lipinski definition) is 2. The third-order valence-corrected chi connectivity index (χ3v) is 0.557. The summed E-state index contributed by atoms with van der Waals surface area (Å²) in [5.41, 5.74) is 0. The average Bonchev–Trinajstić information content (AvgIpc) is 1.67. The van der Waals surface area contributed by atoms with E-state index in [4.69, 9.17) is 5.11 Å². The van der Waals surface area contributed by atoms with Crippen molar-refractivity contribution in [2.24, 2.45) is 4.99 Å². The van der Waals surface area contributed by atoms with E-state index in [9.17, 15) is 9.18 Å². The van der Waals surface area contributed by atoms with E-state index in [1.165, 1.54) is 0 Å². The smallest absolute Gasteiger partial charge is 0.340 e. The fourth-order valence-electron chi connectivity index (χ4n) is 0.191. The number of carboxylic acids is 1. The van der Waals surface area contributed by atoms with Gasteiger partial charge in [0.15, 0.2) is 0 Å². The van der Waals surface area contributed by atoms with Crippen LogP contribution in [0.4, 0.5) is 4.39 Å². The van der Waals surface area contributed by atoms with Gasteiger partial charge < -0.3 is 5.11 Å². The zero-order valence-corrected chi connectivity index (χ0v) is 4.17. The van der Waals surface area contributed by atoms with Gasteiger partial charge in [-0.1, -0.05) is 0 Å². The minimum atomic E-state index is -1.90. The van der Waals surface area contributed by atoms with Crippen LogP contribution in [0, 0.1) is 0 Å². The molecule has 0 saturated carbocycles. The Morgan fingerprint density at radius 1 is 2.00 bits per heavy atom. The van der Waals surface area contributed by atoms with Crippen LogP contribution in [0.25, 0.3) is 0 Å². The molecule has 0 heterocycles. The number of carboxylic acid groups (broad SMARTS) is 1. The van der Waals surface area contributed by atoms with Crippen molar-refractivity contribution in [3.63, 3.8) is 0 Å². The molecule has 0 fully saturated rings. The predicted molar refractivity (Wildman–Crippen MR) is 26.9 cm³/mol. The monoisotopic (exact) mass is 119 g/mol. The molecule has 0 rings (SSSR count). The number of hydrogen-bond donors (Lipinski definition) is 1. The van der Waals surface area contributed by atoms with Crippen LogP contribution >= 0.6 is 0 Å². The van der Waals surface area contributed by atoms with Crippen molar-refractivity contribution in [1.82, 2.24) is 0 Å². The van der Waals surface area contributed by atoms with Gasteiger partial charge in [0.1, 0.15) is 0 Å². The first kappa shape index (κ1) is 7.07. The van der Waals surface area contributed by atoms with E-state index in [1.54, 1.807) is 0 Å². The molecule has 1 N–H and O–H groups in total. The van der Waals surface area contributed by atoms with Crippen molar-refractivity contribution in [1.29, 1.82) is 0 Å². The van der Waals surface area contributed by atoms with Gasteiger partial charge in [-0.2, -0.15) is 0 Å². The van der Waals surface area contributed by atoms with Gasteiger partial charge in [-0.15, -0.1) is 0 Å². The lowest BCUT2D eigenvalue weighted by Gasteiger charge is -1.93. The zero-order valence-electron chi connectivity index (χ0n) is 4.17. The highest BCUT2D eigenvalue weighted by Gasteiger charge is 2.12. The predicted octanol–water partition coefficient (Wildman–Crippen LogP) is 0.110. The number of alkyl halides is 1. The molecule has 0 spiro atoms. The molecule has 0 aromatic rings. The lowest BCUT2D eigenvalue weighted by Crippen LogP contribution is -2.17. The first-order valence-electron chi connectivity index (χ1n) is 1.98. The van der Waals surface area contributed by atoms with Crippen molar-refractivity contribution in [2.45, 2.75) is 6.17 Å². The maximum absolute atomic E-state index is 11.8. The minimum absolute atomic E-state index is 0.366. The number of aliphatic imine (C=N–C) groups is 1. The van der Waals surface area contributed by atoms with E-state index in [0.717, 1.165) is 0 Å². The van der Waals surface area contributed by atoms with Gasteiger partial charge in [0, 0.05) is 0 Å². The number of nitrogens with zero attached hydrogens (tertiary/aromatic N) is 1. The molecule has 0 aliphatic heterocycles. The highest BCUT2D eigenvalue weighted by molar-refractivity contribution is 5.72. The summed E-state index contributed by atoms with van der Waals surface area (Å²) in [5, 5.41) is 7.85. The number of carbonyl (C=O) groups is 1. The van der Waals surface area contributed by atoms with Crippen LogP contribution in [0.1, 0.15) is 0 Å². The summed E-state index contributed by atoms with van der Waals surface area (Å²) in [6.45, 7) is 2.56. The summed E-state index contributed by atoms with van der Waals surface area (Å²) < 4.78 is 11.8. The van der Waals surface area contributed by atoms with E-state index in [1.807, 2.05) is 0 Å². The van der Waals surface area contributed by atoms with Crippen molar-refractivity contribution < 1.29 is 14.3 Å². The summed E-state index contributed by atoms with van der Waals surface area (Å²) in [6, 6.07) is 0. The summed E-state index contributed by atoms with van der Waals surface area (Å²) in [7, 11) is 0. The Balaban J connectivity index is 3.46. The fraction of sp³-hybridized carbons (Fsp3) is 0.500. The van der Waals surface area contributed by atoms with Gasteiger partial charge in [0.05, 0.1) is 6.54 Å². The first-order chi connectivity index (χ1) is 3.68. The van der Waals surface area contributed by atoms with Gasteiger partial charge in [-0.05, 0) is 6.72 Å². The second-order valence-electron chi connectivity index (χ2n) is 1.21. The molecule has 8 heavy (non-hydrogen) atoms. The van der Waals surface area contributed by atoms with Crippen molar-refractivity contribution in [3.05, 3.63) is 0 Å². The van der Waals surface area contributed by atoms with E-state index in [0.29, 0.717) is 0 Å². The first-order valence-corrected chi connectivity index (χ1v) is 1.98. The van der Waals surface area contributed by atoms with Crippen molar-refractivity contribution >= 4 is 12.7 Å². The minimum Gasteiger partial charge on any atom is -0.479 e. The molecule has 3 nitrogen and oxygen atoms in total. The summed E-state index contributed by atoms with van der Waals surface area (Å²) >= 11 is 0. The molecular formula is C4H6FNO2. The van der Waals surface area contributed by atoms with Crippen LogP contribution in [0.3, 0.4) is 0 Å². The van der Waals surface area contributed by atoms with Gasteiger partial charge in [-0.3, -0.25) is 4.99 Å². The maximum atomic E-state index is 11.8. The van der Waals surface area contributed by atoms with Crippen molar-refractivity contribution in [3.8, 4) is 0 Å². The van der Waals surface area contributed by atoms with E-state index < -0.39 is 12.1 Å². The van der Waals surface area contributed by atoms with E-state index >= 15 is 0 Å². The van der Waals surface area contributed by atoms with Crippen LogP contribution < -0.4 is 0 Å². The van der Waals surface area contributed by atoms with Gasteiger partial charge in [-0.25, -0.2) is 9.18 Å². The number of rotatable bonds is 3. The molecule has 0 saturated heterocycles. The van der Waals surface area contributed by atoms with E-state index in [2.05, 4.69) is 11.7 Å². The normalized spacial score (nSPS) is 12.6. The quantitative estimate of drug-likeness (QED) is 0.536. The van der Waals surface area contributed by atoms with Crippen LogP contribution in [0.5, 0.6) is 0 Å². The number of aliphatic carboxylic acids is 1. The zero-order chi connectivity index (χ0) is 6.57. The van der Waals surface area contributed by atoms with Crippen LogP contribution in [-0.2, 0) is 4.79 Å². The highest BCUT2D eigenvalue weighted by atomic mass is 19.1. The average molecular weight is 119 g/mol. The highest BCUT2D eigenvalue weighted by Crippen LogP contribution is 1.88. The number of halogens is 1. The molecule has 1 atom stereocenters. The van der Waals surface area contributed by atoms with Crippen LogP contribution in [-0.4, -0.2) is 30.5 Å². The molecular weight excluding hydrogens is 113 g/mol. The van der Waals surface area contributed by atoms with E-state index in [-0.39, 0.29) is 6.54 Å². The molecule has 1 unspecified atom stereocenters. The summed E-state index contributed by atoms with van der Waals surface area (Å²) in [4.78, 5) is 12.7. The second kappa shape index (κ2) is 3.12. The largest absolute Gasteiger partial charge is 0.479 e. The molecule has 0 aromatic carbocycles. The second-order valence-corrected chi connectivity index (χ2v) is 1.21. The SMILES string of the molecule is C=NCC(F)C(=O)O. The molecule has 0 aliphatic rings. The third kappa shape index (κ3) is 2.28. The Labute approximate surface area is 45.9 Å². The Morgan fingerprint density at radius 3 is 2.62 bits per heavy atom. The topological polar surface area (TPSA) is 49.7 Å². The van der Waals surface area contributed by atoms with Gasteiger partial charge in [0.2, 0.25) is 6.17 Å². The summed E-state index contributed by atoms with van der Waals surface area (Å²) in [5.74, 6) is -1.49. The standard InChI is InChI=1S/C4H6FNO2/c1-6-2-3(5)4(7)8/h3H,1-2H2,(H,7,8). The Hall–Kier alpha value is -0.930. The van der Waals surface area contributed by atoms with Gasteiger partial charge >= 0.3 is 5.97 Å². The Bertz CT molecular complexity index is 104. The molecule has 0 bridgehead atoms. The van der Waals surface area contributed by atoms with Gasteiger partial charge in [0.25, 0.3) is 0 Å². The molecule has 0 aromatic heterocycles. The van der Waals surface area contributed by atoms with Crippen LogP contribution in [0.15, 0.2) is 4.99 Å². The van der Waals surface area contributed by atoms with Crippen molar-refractivity contribution in [2.75, 3.05) is 6.54 Å². The Morgan fingerprint density at radius 2 is 2.50 bits per heavy atom. The maximum Gasteiger partial charge on any atom is 0.340 e. The molecule has 0 radical (unpaired) electrons. The summed E-state index contributed by atoms with van der Waals surface area (Å²) in [6.07, 6.45) is -1.90. The molecule has 0 aliphatic carbocycles. The third-order valence-electron chi connectivity index (χ3n) is 0.557. The Kier molecular flexibility index (Phi) is 2.76. The lowest BCUT2D eigenvalue weighted by atomic mass is 10.4. The molecule has 4 heteroatoms.